The molecule has 25 heavy (non-hydrogen) atoms. The first kappa shape index (κ1) is 18.3. The summed E-state index contributed by atoms with van der Waals surface area (Å²) in [6.07, 6.45) is 0.135. The molecule has 0 saturated carbocycles. The maximum Gasteiger partial charge on any atom is 0.336 e. The van der Waals surface area contributed by atoms with Crippen molar-refractivity contribution < 1.29 is 24.2 Å². The van der Waals surface area contributed by atoms with Crippen molar-refractivity contribution in [2.75, 3.05) is 19.5 Å². The summed E-state index contributed by atoms with van der Waals surface area (Å²) in [4.78, 5) is 23.6. The highest BCUT2D eigenvalue weighted by Gasteiger charge is 2.13. The number of amides is 1. The molecule has 0 atom stereocenters. The number of rotatable bonds is 6. The van der Waals surface area contributed by atoms with Crippen LogP contribution in [0.15, 0.2) is 30.3 Å². The average Bonchev–Trinajstić information content (AvgIpc) is 2.56. The second kappa shape index (κ2) is 7.70. The molecule has 0 bridgehead atoms. The second-order valence-electron chi connectivity index (χ2n) is 5.70. The molecule has 0 spiro atoms. The number of hydrogen-bond acceptors (Lipinski definition) is 4. The summed E-state index contributed by atoms with van der Waals surface area (Å²) in [6, 6.07) is 8.49. The van der Waals surface area contributed by atoms with E-state index in [0.29, 0.717) is 22.7 Å². The van der Waals surface area contributed by atoms with E-state index in [-0.39, 0.29) is 17.9 Å². The van der Waals surface area contributed by atoms with E-state index in [1.54, 1.807) is 38.3 Å². The van der Waals surface area contributed by atoms with Crippen LogP contribution in [-0.2, 0) is 11.2 Å². The zero-order chi connectivity index (χ0) is 18.6. The Morgan fingerprint density at radius 1 is 1.00 bits per heavy atom. The first-order valence-electron chi connectivity index (χ1n) is 7.71. The van der Waals surface area contributed by atoms with Crippen LogP contribution in [0, 0.1) is 13.8 Å². The third-order valence-electron chi connectivity index (χ3n) is 3.89. The standard InChI is InChI=1S/C19H21NO5/c1-11-7-12(2)15(10-14(11)19(22)23)20-18(21)9-13-5-6-16(24-3)17(8-13)25-4/h5-8,10H,9H2,1-4H3,(H,20,21)(H,22,23). The molecule has 0 aromatic heterocycles. The van der Waals surface area contributed by atoms with Crippen LogP contribution < -0.4 is 14.8 Å². The summed E-state index contributed by atoms with van der Waals surface area (Å²) >= 11 is 0. The van der Waals surface area contributed by atoms with Crippen molar-refractivity contribution in [3.63, 3.8) is 0 Å². The third kappa shape index (κ3) is 4.29. The Kier molecular flexibility index (Phi) is 5.64. The Hall–Kier alpha value is -3.02. The third-order valence-corrected chi connectivity index (χ3v) is 3.89. The maximum absolute atomic E-state index is 12.3. The SMILES string of the molecule is COc1ccc(CC(=O)Nc2cc(C(=O)O)c(C)cc2C)cc1OC. The monoisotopic (exact) mass is 343 g/mol. The summed E-state index contributed by atoms with van der Waals surface area (Å²) < 4.78 is 10.4. The average molecular weight is 343 g/mol. The van der Waals surface area contributed by atoms with Crippen molar-refractivity contribution in [2.45, 2.75) is 20.3 Å². The van der Waals surface area contributed by atoms with Gasteiger partial charge in [-0.25, -0.2) is 4.79 Å². The fourth-order valence-corrected chi connectivity index (χ4v) is 2.59. The van der Waals surface area contributed by atoms with Crippen molar-refractivity contribution in [3.05, 3.63) is 52.6 Å². The Morgan fingerprint density at radius 2 is 1.68 bits per heavy atom. The molecule has 2 N–H and O–H groups in total. The van der Waals surface area contributed by atoms with Gasteiger partial charge >= 0.3 is 5.97 Å². The molecule has 132 valence electrons. The van der Waals surface area contributed by atoms with Crippen molar-refractivity contribution in [1.29, 1.82) is 0 Å². The molecule has 0 saturated heterocycles. The predicted octanol–water partition coefficient (Wildman–Crippen LogP) is 3.20. The molecule has 6 nitrogen and oxygen atoms in total. The minimum Gasteiger partial charge on any atom is -0.493 e. The number of hydrogen-bond donors (Lipinski definition) is 2. The van der Waals surface area contributed by atoms with Crippen LogP contribution in [-0.4, -0.2) is 31.2 Å². The Balaban J connectivity index is 2.18. The van der Waals surface area contributed by atoms with Crippen LogP contribution in [0.2, 0.25) is 0 Å². The predicted molar refractivity (Wildman–Crippen MR) is 94.8 cm³/mol. The first-order valence-corrected chi connectivity index (χ1v) is 7.71. The highest BCUT2D eigenvalue weighted by Crippen LogP contribution is 2.28. The number of ether oxygens (including phenoxy) is 2. The van der Waals surface area contributed by atoms with Crippen molar-refractivity contribution >= 4 is 17.6 Å². The summed E-state index contributed by atoms with van der Waals surface area (Å²) in [5.74, 6) is -0.122. The Labute approximate surface area is 146 Å². The molecule has 2 aromatic rings. The fraction of sp³-hybridized carbons (Fsp3) is 0.263. The number of benzene rings is 2. The van der Waals surface area contributed by atoms with Crippen LogP contribution in [0.4, 0.5) is 5.69 Å². The van der Waals surface area contributed by atoms with Crippen LogP contribution in [0.5, 0.6) is 11.5 Å². The number of aromatic carboxylic acids is 1. The lowest BCUT2D eigenvalue weighted by Crippen LogP contribution is -2.16. The molecule has 0 aliphatic rings. The van der Waals surface area contributed by atoms with Gasteiger partial charge in [0.2, 0.25) is 5.91 Å². The quantitative estimate of drug-likeness (QED) is 0.841. The van der Waals surface area contributed by atoms with Crippen LogP contribution in [0.3, 0.4) is 0 Å². The fourth-order valence-electron chi connectivity index (χ4n) is 2.59. The molecule has 1 amide bonds. The van der Waals surface area contributed by atoms with E-state index in [4.69, 9.17) is 9.47 Å². The summed E-state index contributed by atoms with van der Waals surface area (Å²) in [5, 5.41) is 12.0. The van der Waals surface area contributed by atoms with Gasteiger partial charge < -0.3 is 19.9 Å². The number of anilines is 1. The van der Waals surface area contributed by atoms with E-state index in [2.05, 4.69) is 5.32 Å². The van der Waals surface area contributed by atoms with Crippen molar-refractivity contribution in [2.24, 2.45) is 0 Å². The van der Waals surface area contributed by atoms with Gasteiger partial charge in [-0.15, -0.1) is 0 Å². The molecule has 6 heteroatoms. The van der Waals surface area contributed by atoms with E-state index in [1.807, 2.05) is 6.92 Å². The van der Waals surface area contributed by atoms with Gasteiger partial charge in [-0.3, -0.25) is 4.79 Å². The summed E-state index contributed by atoms with van der Waals surface area (Å²) in [5.41, 5.74) is 2.89. The molecular weight excluding hydrogens is 322 g/mol. The molecule has 0 aliphatic carbocycles. The molecule has 2 aromatic carbocycles. The zero-order valence-electron chi connectivity index (χ0n) is 14.7. The smallest absolute Gasteiger partial charge is 0.336 e. The van der Waals surface area contributed by atoms with Gasteiger partial charge in [0.05, 0.1) is 26.2 Å². The molecular formula is C19H21NO5. The van der Waals surface area contributed by atoms with Gasteiger partial charge in [0, 0.05) is 5.69 Å². The number of carboxylic acids is 1. The highest BCUT2D eigenvalue weighted by molar-refractivity contribution is 5.96. The lowest BCUT2D eigenvalue weighted by atomic mass is 10.0. The largest absolute Gasteiger partial charge is 0.493 e. The van der Waals surface area contributed by atoms with Gasteiger partial charge in [0.15, 0.2) is 11.5 Å². The molecule has 0 aliphatic heterocycles. The maximum atomic E-state index is 12.3. The number of carboxylic acid groups (broad SMARTS) is 1. The van der Waals surface area contributed by atoms with Gasteiger partial charge in [-0.2, -0.15) is 0 Å². The minimum atomic E-state index is -1.02. The van der Waals surface area contributed by atoms with Gasteiger partial charge in [0.1, 0.15) is 0 Å². The molecule has 0 unspecified atom stereocenters. The zero-order valence-corrected chi connectivity index (χ0v) is 14.7. The Morgan fingerprint density at radius 3 is 2.28 bits per heavy atom. The number of aryl methyl sites for hydroxylation is 2. The second-order valence-corrected chi connectivity index (χ2v) is 5.70. The van der Waals surface area contributed by atoms with E-state index in [0.717, 1.165) is 11.1 Å². The van der Waals surface area contributed by atoms with E-state index >= 15 is 0 Å². The van der Waals surface area contributed by atoms with E-state index in [9.17, 15) is 14.7 Å². The van der Waals surface area contributed by atoms with Gasteiger partial charge in [-0.05, 0) is 48.7 Å². The van der Waals surface area contributed by atoms with Crippen LogP contribution >= 0.6 is 0 Å². The topological polar surface area (TPSA) is 84.9 Å². The van der Waals surface area contributed by atoms with Crippen molar-refractivity contribution in [1.82, 2.24) is 0 Å². The number of methoxy groups -OCH3 is 2. The van der Waals surface area contributed by atoms with E-state index in [1.165, 1.54) is 13.2 Å². The number of carbonyl (C=O) groups is 2. The number of nitrogens with one attached hydrogen (secondary N) is 1. The molecule has 0 heterocycles. The van der Waals surface area contributed by atoms with E-state index < -0.39 is 5.97 Å². The molecule has 0 radical (unpaired) electrons. The van der Waals surface area contributed by atoms with Crippen molar-refractivity contribution in [3.8, 4) is 11.5 Å². The Bertz CT molecular complexity index is 814. The minimum absolute atomic E-state index is 0.135. The van der Waals surface area contributed by atoms with Crippen LogP contribution in [0.25, 0.3) is 0 Å². The van der Waals surface area contributed by atoms with Gasteiger partial charge in [0.25, 0.3) is 0 Å². The number of carbonyl (C=O) groups excluding carboxylic acids is 1. The summed E-state index contributed by atoms with van der Waals surface area (Å²) in [6.45, 7) is 3.55. The van der Waals surface area contributed by atoms with Crippen LogP contribution in [0.1, 0.15) is 27.0 Å². The molecule has 2 rings (SSSR count). The summed E-state index contributed by atoms with van der Waals surface area (Å²) in [7, 11) is 3.08. The lowest BCUT2D eigenvalue weighted by Gasteiger charge is -2.12. The normalized spacial score (nSPS) is 10.2. The lowest BCUT2D eigenvalue weighted by molar-refractivity contribution is -0.115. The highest BCUT2D eigenvalue weighted by atomic mass is 16.5. The molecule has 0 fully saturated rings. The van der Waals surface area contributed by atoms with Gasteiger partial charge in [-0.1, -0.05) is 12.1 Å². The first-order chi connectivity index (χ1) is 11.8.